The molecule has 0 bridgehead atoms. The summed E-state index contributed by atoms with van der Waals surface area (Å²) in [7, 11) is 0. The molecule has 2 rings (SSSR count). The van der Waals surface area contributed by atoms with E-state index < -0.39 is 0 Å². The molecule has 98 valence electrons. The highest BCUT2D eigenvalue weighted by Crippen LogP contribution is 2.35. The fourth-order valence-electron chi connectivity index (χ4n) is 3.35. The molecule has 1 aliphatic heterocycles. The molecule has 17 heavy (non-hydrogen) atoms. The molecule has 0 aromatic carbocycles. The van der Waals surface area contributed by atoms with Gasteiger partial charge in [-0.2, -0.15) is 0 Å². The number of fused-ring (bicyclic) bond motifs is 1. The van der Waals surface area contributed by atoms with E-state index in [1.807, 2.05) is 0 Å². The highest BCUT2D eigenvalue weighted by molar-refractivity contribution is 7.80. The lowest BCUT2D eigenvalue weighted by molar-refractivity contribution is 0.118. The number of nitrogens with one attached hydrogen (secondary N) is 1. The number of likely N-dealkylation sites (tertiary alicyclic amines) is 1. The first-order valence-corrected chi connectivity index (χ1v) is 7.78. The number of hydrogen-bond acceptors (Lipinski definition) is 1. The van der Waals surface area contributed by atoms with Gasteiger partial charge in [-0.05, 0) is 50.2 Å². The first-order chi connectivity index (χ1) is 8.33. The topological polar surface area (TPSA) is 15.3 Å². The van der Waals surface area contributed by atoms with E-state index in [-0.39, 0.29) is 0 Å². The zero-order valence-corrected chi connectivity index (χ0v) is 11.9. The van der Waals surface area contributed by atoms with Crippen molar-refractivity contribution in [2.45, 2.75) is 64.3 Å². The summed E-state index contributed by atoms with van der Waals surface area (Å²) in [5.74, 6) is 0.920. The number of unbranched alkanes of at least 4 members (excludes halogenated alkanes) is 1. The lowest BCUT2D eigenvalue weighted by Crippen LogP contribution is -2.53. The third kappa shape index (κ3) is 3.34. The van der Waals surface area contributed by atoms with E-state index in [0.717, 1.165) is 23.6 Å². The zero-order chi connectivity index (χ0) is 12.1. The van der Waals surface area contributed by atoms with Crippen LogP contribution in [-0.4, -0.2) is 29.1 Å². The Morgan fingerprint density at radius 1 is 1.24 bits per heavy atom. The molecule has 1 N–H and O–H groups in total. The fourth-order valence-corrected chi connectivity index (χ4v) is 3.68. The van der Waals surface area contributed by atoms with Crippen molar-refractivity contribution in [3.8, 4) is 0 Å². The van der Waals surface area contributed by atoms with Gasteiger partial charge in [0.25, 0.3) is 0 Å². The van der Waals surface area contributed by atoms with Crippen LogP contribution in [0.25, 0.3) is 0 Å². The van der Waals surface area contributed by atoms with Gasteiger partial charge in [0.1, 0.15) is 0 Å². The summed E-state index contributed by atoms with van der Waals surface area (Å²) in [6, 6.07) is 0.749. The summed E-state index contributed by atoms with van der Waals surface area (Å²) >= 11 is 5.57. The Labute approximate surface area is 111 Å². The first kappa shape index (κ1) is 13.1. The molecule has 2 atom stereocenters. The second-order valence-electron chi connectivity index (χ2n) is 5.53. The maximum absolute atomic E-state index is 5.57. The normalized spacial score (nSPS) is 28.6. The minimum atomic E-state index is 0.749. The largest absolute Gasteiger partial charge is 0.363 e. The Kier molecular flexibility index (Phi) is 5.08. The van der Waals surface area contributed by atoms with Gasteiger partial charge in [0.15, 0.2) is 5.11 Å². The van der Waals surface area contributed by atoms with Crippen LogP contribution in [-0.2, 0) is 0 Å². The van der Waals surface area contributed by atoms with Crippen molar-refractivity contribution in [3.05, 3.63) is 0 Å². The number of nitrogens with zero attached hydrogens (tertiary/aromatic N) is 1. The number of rotatable bonds is 3. The monoisotopic (exact) mass is 254 g/mol. The molecule has 1 heterocycles. The summed E-state index contributed by atoms with van der Waals surface area (Å²) < 4.78 is 0. The highest BCUT2D eigenvalue weighted by atomic mass is 32.1. The van der Waals surface area contributed by atoms with Crippen LogP contribution in [0.4, 0.5) is 0 Å². The van der Waals surface area contributed by atoms with Crippen LogP contribution >= 0.6 is 12.2 Å². The Hall–Kier alpha value is -0.310. The summed E-state index contributed by atoms with van der Waals surface area (Å²) in [5, 5.41) is 4.47. The Morgan fingerprint density at radius 2 is 2.00 bits per heavy atom. The van der Waals surface area contributed by atoms with Crippen LogP contribution in [0.1, 0.15) is 58.3 Å². The van der Waals surface area contributed by atoms with Gasteiger partial charge in [-0.3, -0.25) is 0 Å². The van der Waals surface area contributed by atoms with Crippen molar-refractivity contribution in [1.29, 1.82) is 0 Å². The van der Waals surface area contributed by atoms with Gasteiger partial charge in [0, 0.05) is 19.1 Å². The quantitative estimate of drug-likeness (QED) is 0.614. The van der Waals surface area contributed by atoms with Crippen LogP contribution in [0.2, 0.25) is 0 Å². The Morgan fingerprint density at radius 3 is 2.82 bits per heavy atom. The SMILES string of the molecule is CCCCNC(=S)N1CCC[C@H]2CCCC[C@H]21. The average molecular weight is 254 g/mol. The van der Waals surface area contributed by atoms with Crippen molar-refractivity contribution < 1.29 is 0 Å². The summed E-state index contributed by atoms with van der Waals surface area (Å²) in [4.78, 5) is 2.50. The fraction of sp³-hybridized carbons (Fsp3) is 0.929. The van der Waals surface area contributed by atoms with E-state index in [2.05, 4.69) is 17.1 Å². The molecule has 2 fully saturated rings. The van der Waals surface area contributed by atoms with Gasteiger partial charge in [-0.25, -0.2) is 0 Å². The van der Waals surface area contributed by atoms with Gasteiger partial charge in [-0.1, -0.05) is 26.2 Å². The van der Waals surface area contributed by atoms with Crippen molar-refractivity contribution in [1.82, 2.24) is 10.2 Å². The van der Waals surface area contributed by atoms with E-state index in [1.165, 1.54) is 57.9 Å². The van der Waals surface area contributed by atoms with E-state index >= 15 is 0 Å². The molecule has 1 saturated carbocycles. The van der Waals surface area contributed by atoms with Crippen LogP contribution in [0.3, 0.4) is 0 Å². The number of hydrogen-bond donors (Lipinski definition) is 1. The molecule has 0 amide bonds. The van der Waals surface area contributed by atoms with Gasteiger partial charge >= 0.3 is 0 Å². The van der Waals surface area contributed by atoms with Crippen LogP contribution in [0, 0.1) is 5.92 Å². The summed E-state index contributed by atoms with van der Waals surface area (Å²) in [6.45, 7) is 4.45. The average Bonchev–Trinajstić information content (AvgIpc) is 2.38. The number of piperidine rings is 1. The van der Waals surface area contributed by atoms with Crippen molar-refractivity contribution >= 4 is 17.3 Å². The molecule has 3 heteroatoms. The maximum atomic E-state index is 5.57. The highest BCUT2D eigenvalue weighted by Gasteiger charge is 2.34. The minimum absolute atomic E-state index is 0.749. The molecular formula is C14H26N2S. The van der Waals surface area contributed by atoms with Gasteiger partial charge in [0.2, 0.25) is 0 Å². The van der Waals surface area contributed by atoms with E-state index in [9.17, 15) is 0 Å². The molecule has 0 aromatic heterocycles. The molecule has 0 unspecified atom stereocenters. The molecule has 2 aliphatic rings. The van der Waals surface area contributed by atoms with Crippen molar-refractivity contribution in [3.63, 3.8) is 0 Å². The molecule has 0 spiro atoms. The zero-order valence-electron chi connectivity index (χ0n) is 11.1. The second kappa shape index (κ2) is 6.58. The van der Waals surface area contributed by atoms with E-state index in [0.29, 0.717) is 0 Å². The van der Waals surface area contributed by atoms with Crippen LogP contribution in [0.15, 0.2) is 0 Å². The third-order valence-electron chi connectivity index (χ3n) is 4.31. The van der Waals surface area contributed by atoms with E-state index in [1.54, 1.807) is 0 Å². The maximum Gasteiger partial charge on any atom is 0.169 e. The molecular weight excluding hydrogens is 228 g/mol. The summed E-state index contributed by atoms with van der Waals surface area (Å²) in [6.07, 6.45) is 10.8. The Bertz CT molecular complexity index is 253. The lowest BCUT2D eigenvalue weighted by atomic mass is 9.78. The van der Waals surface area contributed by atoms with Gasteiger partial charge < -0.3 is 10.2 Å². The second-order valence-corrected chi connectivity index (χ2v) is 5.92. The molecule has 0 radical (unpaired) electrons. The smallest absolute Gasteiger partial charge is 0.169 e. The van der Waals surface area contributed by atoms with Crippen molar-refractivity contribution in [2.24, 2.45) is 5.92 Å². The van der Waals surface area contributed by atoms with Gasteiger partial charge in [0.05, 0.1) is 0 Å². The molecule has 1 aliphatic carbocycles. The van der Waals surface area contributed by atoms with E-state index in [4.69, 9.17) is 12.2 Å². The number of thiocarbonyl (C=S) groups is 1. The van der Waals surface area contributed by atoms with Gasteiger partial charge in [-0.15, -0.1) is 0 Å². The van der Waals surface area contributed by atoms with Crippen molar-refractivity contribution in [2.75, 3.05) is 13.1 Å². The predicted octanol–water partition coefficient (Wildman–Crippen LogP) is 3.32. The third-order valence-corrected chi connectivity index (χ3v) is 4.69. The summed E-state index contributed by atoms with van der Waals surface area (Å²) in [5.41, 5.74) is 0. The van der Waals surface area contributed by atoms with Crippen LogP contribution < -0.4 is 5.32 Å². The first-order valence-electron chi connectivity index (χ1n) is 7.37. The Balaban J connectivity index is 1.87. The minimum Gasteiger partial charge on any atom is -0.363 e. The molecule has 1 saturated heterocycles. The lowest BCUT2D eigenvalue weighted by Gasteiger charge is -2.45. The standard InChI is InChI=1S/C14H26N2S/c1-2-3-10-15-14(17)16-11-6-8-12-7-4-5-9-13(12)16/h12-13H,2-11H2,1H3,(H,15,17)/t12-,13-/m1/s1. The predicted molar refractivity (Wildman–Crippen MR) is 77.2 cm³/mol. The molecule has 2 nitrogen and oxygen atoms in total. The molecule has 0 aromatic rings. The van der Waals surface area contributed by atoms with Crippen LogP contribution in [0.5, 0.6) is 0 Å².